The molecule has 0 amide bonds. The molecule has 1 aromatic carbocycles. The number of hydrogen-bond acceptors (Lipinski definition) is 3. The molecule has 3 nitrogen and oxygen atoms in total. The van der Waals surface area contributed by atoms with Crippen molar-refractivity contribution in [2.24, 2.45) is 0 Å². The number of rotatable bonds is 3. The van der Waals surface area contributed by atoms with Crippen LogP contribution in [0.15, 0.2) is 18.2 Å². The second kappa shape index (κ2) is 4.84. The summed E-state index contributed by atoms with van der Waals surface area (Å²) in [5, 5.41) is 4.16. The van der Waals surface area contributed by atoms with Crippen molar-refractivity contribution in [2.75, 3.05) is 12.3 Å². The second-order valence-corrected chi connectivity index (χ2v) is 5.30. The lowest BCUT2D eigenvalue weighted by Gasteiger charge is -2.29. The summed E-state index contributed by atoms with van der Waals surface area (Å²) in [6.07, 6.45) is 1.28. The van der Waals surface area contributed by atoms with Gasteiger partial charge in [0.25, 0.3) is 0 Å². The molecule has 17 heavy (non-hydrogen) atoms. The zero-order chi connectivity index (χ0) is 12.5. The lowest BCUT2D eigenvalue weighted by Crippen LogP contribution is -2.47. The van der Waals surface area contributed by atoms with Crippen molar-refractivity contribution in [3.05, 3.63) is 28.8 Å². The van der Waals surface area contributed by atoms with Gasteiger partial charge in [-0.1, -0.05) is 17.7 Å². The van der Waals surface area contributed by atoms with Gasteiger partial charge in [0.1, 0.15) is 0 Å². The number of anilines is 1. The Morgan fingerprint density at radius 2 is 2.35 bits per heavy atom. The van der Waals surface area contributed by atoms with Crippen LogP contribution in [-0.4, -0.2) is 18.2 Å². The van der Waals surface area contributed by atoms with Crippen molar-refractivity contribution in [2.45, 2.75) is 38.5 Å². The molecule has 0 saturated carbocycles. The van der Waals surface area contributed by atoms with E-state index in [0.29, 0.717) is 10.7 Å². The average molecular weight is 255 g/mol. The molecule has 1 heterocycles. The van der Waals surface area contributed by atoms with E-state index >= 15 is 0 Å². The van der Waals surface area contributed by atoms with Crippen molar-refractivity contribution in [1.82, 2.24) is 5.32 Å². The smallest absolute Gasteiger partial charge is 0.0726 e. The van der Waals surface area contributed by atoms with E-state index in [9.17, 15) is 0 Å². The number of benzene rings is 1. The summed E-state index contributed by atoms with van der Waals surface area (Å²) in [7, 11) is 0. The normalized spacial score (nSPS) is 28.5. The van der Waals surface area contributed by atoms with Crippen LogP contribution in [0.5, 0.6) is 0 Å². The summed E-state index contributed by atoms with van der Waals surface area (Å²) in [6, 6.07) is 5.75. The zero-order valence-corrected chi connectivity index (χ0v) is 11.1. The van der Waals surface area contributed by atoms with Gasteiger partial charge in [-0.15, -0.1) is 0 Å². The minimum Gasteiger partial charge on any atom is -0.398 e. The molecule has 4 heteroatoms. The van der Waals surface area contributed by atoms with Crippen molar-refractivity contribution in [1.29, 1.82) is 0 Å². The van der Waals surface area contributed by atoms with Crippen LogP contribution in [0.25, 0.3) is 0 Å². The molecule has 0 bridgehead atoms. The second-order valence-electron chi connectivity index (χ2n) is 4.89. The standard InChI is InChI=1S/C13H19ClN2O/c1-9-13(2,5-6-17-9)16-8-10-3-4-11(14)12(15)7-10/h3-4,7,9,16H,5-6,8,15H2,1-2H3. The van der Waals surface area contributed by atoms with E-state index in [1.807, 2.05) is 18.2 Å². The molecule has 0 radical (unpaired) electrons. The number of nitrogens with two attached hydrogens (primary N) is 1. The molecule has 0 aromatic heterocycles. The highest BCUT2D eigenvalue weighted by atomic mass is 35.5. The predicted molar refractivity (Wildman–Crippen MR) is 71.1 cm³/mol. The molecule has 1 aliphatic heterocycles. The molecule has 0 aliphatic carbocycles. The molecule has 0 spiro atoms. The minimum atomic E-state index is 0.0500. The van der Waals surface area contributed by atoms with Gasteiger partial charge in [-0.25, -0.2) is 0 Å². The molecular weight excluding hydrogens is 236 g/mol. The van der Waals surface area contributed by atoms with Crippen LogP contribution >= 0.6 is 11.6 Å². The van der Waals surface area contributed by atoms with Crippen molar-refractivity contribution >= 4 is 17.3 Å². The fourth-order valence-corrected chi connectivity index (χ4v) is 2.19. The van der Waals surface area contributed by atoms with E-state index in [0.717, 1.165) is 25.1 Å². The largest absolute Gasteiger partial charge is 0.398 e. The first-order valence-corrected chi connectivity index (χ1v) is 6.29. The summed E-state index contributed by atoms with van der Waals surface area (Å²) < 4.78 is 5.59. The Labute approximate surface area is 107 Å². The third-order valence-corrected chi connectivity index (χ3v) is 3.99. The van der Waals surface area contributed by atoms with Gasteiger partial charge in [0.15, 0.2) is 0 Å². The van der Waals surface area contributed by atoms with Crippen LogP contribution in [0.3, 0.4) is 0 Å². The highest BCUT2D eigenvalue weighted by Crippen LogP contribution is 2.26. The number of hydrogen-bond donors (Lipinski definition) is 2. The summed E-state index contributed by atoms with van der Waals surface area (Å²) in [6.45, 7) is 5.92. The number of halogens is 1. The highest BCUT2D eigenvalue weighted by Gasteiger charge is 2.36. The van der Waals surface area contributed by atoms with Gasteiger partial charge in [0, 0.05) is 18.7 Å². The molecule has 1 saturated heterocycles. The van der Waals surface area contributed by atoms with Gasteiger partial charge in [0.2, 0.25) is 0 Å². The van der Waals surface area contributed by atoms with Gasteiger partial charge in [-0.2, -0.15) is 0 Å². The number of ether oxygens (including phenoxy) is 1. The van der Waals surface area contributed by atoms with Crippen LogP contribution in [0.4, 0.5) is 5.69 Å². The molecule has 3 N–H and O–H groups in total. The Hall–Kier alpha value is -0.770. The van der Waals surface area contributed by atoms with Gasteiger partial charge >= 0.3 is 0 Å². The van der Waals surface area contributed by atoms with Crippen LogP contribution in [0.1, 0.15) is 25.8 Å². The van der Waals surface area contributed by atoms with Crippen LogP contribution < -0.4 is 11.1 Å². The molecule has 1 aliphatic rings. The van der Waals surface area contributed by atoms with Crippen molar-refractivity contribution in [3.63, 3.8) is 0 Å². The molecule has 2 rings (SSSR count). The Balaban J connectivity index is 2.00. The Morgan fingerprint density at radius 1 is 1.59 bits per heavy atom. The van der Waals surface area contributed by atoms with E-state index in [4.69, 9.17) is 22.1 Å². The van der Waals surface area contributed by atoms with Crippen molar-refractivity contribution < 1.29 is 4.74 Å². The van der Waals surface area contributed by atoms with E-state index in [1.165, 1.54) is 0 Å². The van der Waals surface area contributed by atoms with E-state index in [2.05, 4.69) is 19.2 Å². The zero-order valence-electron chi connectivity index (χ0n) is 10.3. The molecule has 1 aromatic rings. The van der Waals surface area contributed by atoms with Crippen LogP contribution in [-0.2, 0) is 11.3 Å². The fraction of sp³-hybridized carbons (Fsp3) is 0.538. The van der Waals surface area contributed by atoms with Crippen LogP contribution in [0, 0.1) is 0 Å². The van der Waals surface area contributed by atoms with Gasteiger partial charge in [-0.3, -0.25) is 0 Å². The van der Waals surface area contributed by atoms with Gasteiger partial charge in [-0.05, 0) is 38.0 Å². The summed E-state index contributed by atoms with van der Waals surface area (Å²) in [5.74, 6) is 0. The third kappa shape index (κ3) is 2.73. The lowest BCUT2D eigenvalue weighted by atomic mass is 9.94. The number of nitrogens with one attached hydrogen (secondary N) is 1. The molecule has 94 valence electrons. The third-order valence-electron chi connectivity index (χ3n) is 3.64. The molecule has 2 unspecified atom stereocenters. The maximum atomic E-state index is 5.89. The Bertz CT molecular complexity index is 410. The Morgan fingerprint density at radius 3 is 2.94 bits per heavy atom. The maximum absolute atomic E-state index is 5.89. The SMILES string of the molecule is CC1OCCC1(C)NCc1ccc(Cl)c(N)c1. The number of nitrogen functional groups attached to an aromatic ring is 1. The summed E-state index contributed by atoms with van der Waals surface area (Å²) in [4.78, 5) is 0. The first-order chi connectivity index (χ1) is 8.01. The van der Waals surface area contributed by atoms with Crippen molar-refractivity contribution in [3.8, 4) is 0 Å². The average Bonchev–Trinajstić information content (AvgIpc) is 2.62. The Kier molecular flexibility index (Phi) is 3.61. The molecule has 2 atom stereocenters. The van der Waals surface area contributed by atoms with Crippen LogP contribution in [0.2, 0.25) is 5.02 Å². The van der Waals surface area contributed by atoms with E-state index in [1.54, 1.807) is 0 Å². The molecular formula is C13H19ClN2O. The van der Waals surface area contributed by atoms with Gasteiger partial charge in [0.05, 0.1) is 16.8 Å². The molecule has 1 fully saturated rings. The van der Waals surface area contributed by atoms with Gasteiger partial charge < -0.3 is 15.8 Å². The first kappa shape index (κ1) is 12.7. The first-order valence-electron chi connectivity index (χ1n) is 5.92. The summed E-state index contributed by atoms with van der Waals surface area (Å²) >= 11 is 5.89. The quantitative estimate of drug-likeness (QED) is 0.815. The van der Waals surface area contributed by atoms with E-state index in [-0.39, 0.29) is 11.6 Å². The van der Waals surface area contributed by atoms with E-state index < -0.39 is 0 Å². The maximum Gasteiger partial charge on any atom is 0.0726 e. The highest BCUT2D eigenvalue weighted by molar-refractivity contribution is 6.33. The minimum absolute atomic E-state index is 0.0500. The lowest BCUT2D eigenvalue weighted by molar-refractivity contribution is 0.0881. The monoisotopic (exact) mass is 254 g/mol. The fourth-order valence-electron chi connectivity index (χ4n) is 2.07. The predicted octanol–water partition coefficient (Wildman–Crippen LogP) is 2.58. The topological polar surface area (TPSA) is 47.3 Å². The summed E-state index contributed by atoms with van der Waals surface area (Å²) in [5.41, 5.74) is 7.61.